The zero-order valence-electron chi connectivity index (χ0n) is 13.7. The van der Waals surface area contributed by atoms with E-state index in [4.69, 9.17) is 9.47 Å². The standard InChI is InChI=1S/C19H21IO3/c1-4-14-9-10-17(13(3)11-14)22-12-15-16(20)7-6-8-18(15)23-19(21)5-2/h6-11H,4-5,12H2,1-3H3. The highest BCUT2D eigenvalue weighted by Gasteiger charge is 2.12. The van der Waals surface area contributed by atoms with Gasteiger partial charge in [-0.25, -0.2) is 0 Å². The van der Waals surface area contributed by atoms with Crippen LogP contribution in [0.3, 0.4) is 0 Å². The quantitative estimate of drug-likeness (QED) is 0.370. The van der Waals surface area contributed by atoms with Crippen molar-refractivity contribution in [1.82, 2.24) is 0 Å². The van der Waals surface area contributed by atoms with Crippen LogP contribution < -0.4 is 9.47 Å². The van der Waals surface area contributed by atoms with Crippen molar-refractivity contribution in [3.8, 4) is 11.5 Å². The molecule has 0 heterocycles. The summed E-state index contributed by atoms with van der Waals surface area (Å²) in [6.45, 7) is 6.33. The van der Waals surface area contributed by atoms with Gasteiger partial charge in [-0.1, -0.05) is 32.0 Å². The summed E-state index contributed by atoms with van der Waals surface area (Å²) in [5.74, 6) is 1.19. The summed E-state index contributed by atoms with van der Waals surface area (Å²) in [7, 11) is 0. The maximum atomic E-state index is 11.6. The SMILES string of the molecule is CCC(=O)Oc1cccc(I)c1COc1ccc(CC)cc1C. The van der Waals surface area contributed by atoms with Crippen molar-refractivity contribution >= 4 is 28.6 Å². The molecule has 2 aromatic carbocycles. The lowest BCUT2D eigenvalue weighted by Gasteiger charge is -2.14. The number of hydrogen-bond acceptors (Lipinski definition) is 3. The molecule has 0 radical (unpaired) electrons. The molecule has 2 aromatic rings. The van der Waals surface area contributed by atoms with E-state index < -0.39 is 0 Å². The molecular weight excluding hydrogens is 403 g/mol. The van der Waals surface area contributed by atoms with Crippen LogP contribution >= 0.6 is 22.6 Å². The van der Waals surface area contributed by atoms with E-state index in [1.165, 1.54) is 5.56 Å². The molecule has 0 bridgehead atoms. The summed E-state index contributed by atoms with van der Waals surface area (Å²) < 4.78 is 12.4. The normalized spacial score (nSPS) is 10.4. The molecule has 0 saturated carbocycles. The molecule has 0 N–H and O–H groups in total. The number of ether oxygens (including phenoxy) is 2. The third-order valence-corrected chi connectivity index (χ3v) is 4.62. The molecule has 0 amide bonds. The summed E-state index contributed by atoms with van der Waals surface area (Å²) in [5, 5.41) is 0. The Hall–Kier alpha value is -1.56. The van der Waals surface area contributed by atoms with Crippen LogP contribution in [0, 0.1) is 10.5 Å². The van der Waals surface area contributed by atoms with E-state index in [0.717, 1.165) is 26.9 Å². The zero-order valence-corrected chi connectivity index (χ0v) is 15.8. The van der Waals surface area contributed by atoms with Crippen LogP contribution in [0.4, 0.5) is 0 Å². The van der Waals surface area contributed by atoms with E-state index in [1.807, 2.05) is 25.1 Å². The Balaban J connectivity index is 2.18. The van der Waals surface area contributed by atoms with Gasteiger partial charge in [0.2, 0.25) is 0 Å². The molecule has 0 aliphatic heterocycles. The van der Waals surface area contributed by atoms with Gasteiger partial charge in [0.05, 0.1) is 0 Å². The molecule has 0 aliphatic rings. The second-order valence-electron chi connectivity index (χ2n) is 5.29. The van der Waals surface area contributed by atoms with E-state index in [9.17, 15) is 4.79 Å². The summed E-state index contributed by atoms with van der Waals surface area (Å²) in [6, 6.07) is 11.9. The first kappa shape index (κ1) is 17.8. The summed E-state index contributed by atoms with van der Waals surface area (Å²) in [5.41, 5.74) is 3.30. The molecule has 0 aromatic heterocycles. The van der Waals surface area contributed by atoms with Crippen molar-refractivity contribution in [3.05, 3.63) is 56.7 Å². The third-order valence-electron chi connectivity index (χ3n) is 3.61. The van der Waals surface area contributed by atoms with E-state index in [2.05, 4.69) is 41.6 Å². The molecule has 2 rings (SSSR count). The van der Waals surface area contributed by atoms with Crippen LogP contribution in [0.5, 0.6) is 11.5 Å². The van der Waals surface area contributed by atoms with E-state index in [0.29, 0.717) is 18.8 Å². The Bertz CT molecular complexity index is 695. The van der Waals surface area contributed by atoms with E-state index >= 15 is 0 Å². The molecule has 0 spiro atoms. The highest BCUT2D eigenvalue weighted by molar-refractivity contribution is 14.1. The van der Waals surface area contributed by atoms with Crippen molar-refractivity contribution in [2.75, 3.05) is 0 Å². The summed E-state index contributed by atoms with van der Waals surface area (Å²) in [6.07, 6.45) is 1.36. The van der Waals surface area contributed by atoms with Crippen LogP contribution in [0.1, 0.15) is 37.0 Å². The maximum absolute atomic E-state index is 11.6. The minimum Gasteiger partial charge on any atom is -0.488 e. The van der Waals surface area contributed by atoms with Gasteiger partial charge in [-0.2, -0.15) is 0 Å². The van der Waals surface area contributed by atoms with Gasteiger partial charge in [0, 0.05) is 15.6 Å². The molecule has 122 valence electrons. The lowest BCUT2D eigenvalue weighted by atomic mass is 10.1. The Labute approximate surface area is 151 Å². The van der Waals surface area contributed by atoms with Crippen LogP contribution in [0.2, 0.25) is 0 Å². The second kappa shape index (κ2) is 8.34. The lowest BCUT2D eigenvalue weighted by Crippen LogP contribution is -2.09. The van der Waals surface area contributed by atoms with Crippen LogP contribution in [0.25, 0.3) is 0 Å². The first-order valence-electron chi connectivity index (χ1n) is 7.75. The molecule has 0 unspecified atom stereocenters. The van der Waals surface area contributed by atoms with Gasteiger partial charge in [-0.15, -0.1) is 0 Å². The van der Waals surface area contributed by atoms with Gasteiger partial charge in [0.15, 0.2) is 0 Å². The number of carbonyl (C=O) groups is 1. The average molecular weight is 424 g/mol. The topological polar surface area (TPSA) is 35.5 Å². The molecule has 3 nitrogen and oxygen atoms in total. The number of hydrogen-bond donors (Lipinski definition) is 0. The van der Waals surface area contributed by atoms with Gasteiger partial charge >= 0.3 is 5.97 Å². The minimum absolute atomic E-state index is 0.239. The third kappa shape index (κ3) is 4.70. The maximum Gasteiger partial charge on any atom is 0.310 e. The van der Waals surface area contributed by atoms with Crippen LogP contribution in [0.15, 0.2) is 36.4 Å². The van der Waals surface area contributed by atoms with Gasteiger partial charge in [-0.05, 0) is 65.3 Å². The van der Waals surface area contributed by atoms with Crippen molar-refractivity contribution in [2.24, 2.45) is 0 Å². The zero-order chi connectivity index (χ0) is 16.8. The molecule has 0 saturated heterocycles. The molecule has 23 heavy (non-hydrogen) atoms. The van der Waals surface area contributed by atoms with Gasteiger partial charge in [0.1, 0.15) is 18.1 Å². The number of rotatable bonds is 6. The van der Waals surface area contributed by atoms with Crippen LogP contribution in [-0.2, 0) is 17.8 Å². The first-order chi connectivity index (χ1) is 11.0. The predicted molar refractivity (Wildman–Crippen MR) is 100.0 cm³/mol. The summed E-state index contributed by atoms with van der Waals surface area (Å²) in [4.78, 5) is 11.6. The first-order valence-corrected chi connectivity index (χ1v) is 8.83. The average Bonchev–Trinajstić information content (AvgIpc) is 2.55. The van der Waals surface area contributed by atoms with Crippen molar-refractivity contribution in [3.63, 3.8) is 0 Å². The highest BCUT2D eigenvalue weighted by Crippen LogP contribution is 2.27. The van der Waals surface area contributed by atoms with Gasteiger partial charge in [-0.3, -0.25) is 4.79 Å². The number of esters is 1. The Morgan fingerprint density at radius 1 is 1.13 bits per heavy atom. The molecule has 0 atom stereocenters. The van der Waals surface area contributed by atoms with E-state index in [1.54, 1.807) is 13.0 Å². The Morgan fingerprint density at radius 2 is 1.91 bits per heavy atom. The largest absolute Gasteiger partial charge is 0.488 e. The van der Waals surface area contributed by atoms with Crippen molar-refractivity contribution in [2.45, 2.75) is 40.2 Å². The molecule has 4 heteroatoms. The Morgan fingerprint density at radius 3 is 2.57 bits per heavy atom. The fourth-order valence-electron chi connectivity index (χ4n) is 2.21. The van der Waals surface area contributed by atoms with Crippen molar-refractivity contribution < 1.29 is 14.3 Å². The smallest absolute Gasteiger partial charge is 0.310 e. The minimum atomic E-state index is -0.239. The number of aryl methyl sites for hydroxylation is 2. The van der Waals surface area contributed by atoms with Crippen molar-refractivity contribution in [1.29, 1.82) is 0 Å². The Kier molecular flexibility index (Phi) is 6.45. The highest BCUT2D eigenvalue weighted by atomic mass is 127. The second-order valence-corrected chi connectivity index (χ2v) is 6.45. The fraction of sp³-hybridized carbons (Fsp3) is 0.316. The lowest BCUT2D eigenvalue weighted by molar-refractivity contribution is -0.134. The monoisotopic (exact) mass is 424 g/mol. The van der Waals surface area contributed by atoms with Gasteiger partial charge in [0.25, 0.3) is 0 Å². The van der Waals surface area contributed by atoms with Crippen LogP contribution in [-0.4, -0.2) is 5.97 Å². The van der Waals surface area contributed by atoms with E-state index in [-0.39, 0.29) is 5.97 Å². The predicted octanol–water partition coefficient (Wildman–Crippen LogP) is 5.06. The fourth-order valence-corrected chi connectivity index (χ4v) is 2.84. The molecule has 0 fully saturated rings. The number of halogens is 1. The molecule has 0 aliphatic carbocycles. The molecular formula is C19H21IO3. The number of carbonyl (C=O) groups excluding carboxylic acids is 1. The summed E-state index contributed by atoms with van der Waals surface area (Å²) >= 11 is 2.24. The van der Waals surface area contributed by atoms with Gasteiger partial charge < -0.3 is 9.47 Å². The number of benzene rings is 2.